The number of hydrogen-bond acceptors (Lipinski definition) is 7. The van der Waals surface area contributed by atoms with Crippen molar-refractivity contribution in [1.82, 2.24) is 9.80 Å². The summed E-state index contributed by atoms with van der Waals surface area (Å²) in [4.78, 5) is 40.9. The molecule has 2 aromatic carbocycles. The van der Waals surface area contributed by atoms with Gasteiger partial charge in [-0.2, -0.15) is 0 Å². The van der Waals surface area contributed by atoms with Crippen LogP contribution in [-0.4, -0.2) is 79.0 Å². The van der Waals surface area contributed by atoms with E-state index in [0.29, 0.717) is 50.0 Å². The number of ether oxygens (including phenoxy) is 2. The number of hydrogen-bond donors (Lipinski definition) is 0. The molecule has 10 heteroatoms. The fraction of sp³-hybridized carbons (Fsp3) is 0.391. The summed E-state index contributed by atoms with van der Waals surface area (Å²) in [6, 6.07) is 11.9. The molecule has 174 valence electrons. The number of rotatable bonds is 5. The fourth-order valence-electron chi connectivity index (χ4n) is 4.09. The van der Waals surface area contributed by atoms with E-state index in [1.54, 1.807) is 24.1 Å². The summed E-state index contributed by atoms with van der Waals surface area (Å²) in [5.74, 6) is 0.940. The first-order valence-electron chi connectivity index (χ1n) is 10.8. The molecule has 0 aromatic heterocycles. The second-order valence-corrected chi connectivity index (χ2v) is 8.14. The van der Waals surface area contributed by atoms with Crippen molar-refractivity contribution in [3.8, 4) is 11.5 Å². The average Bonchev–Trinajstić information content (AvgIpc) is 2.83. The molecular weight excluding hydrogens is 428 g/mol. The summed E-state index contributed by atoms with van der Waals surface area (Å²) in [6.45, 7) is 4.08. The number of nitrogens with zero attached hydrogens (tertiary/aromatic N) is 4. The number of carbonyl (C=O) groups excluding carboxylic acids is 2. The molecule has 0 N–H and O–H groups in total. The molecule has 1 atom stereocenters. The average molecular weight is 454 g/mol. The zero-order chi connectivity index (χ0) is 23.5. The van der Waals surface area contributed by atoms with Gasteiger partial charge in [-0.1, -0.05) is 12.1 Å². The van der Waals surface area contributed by atoms with Crippen LogP contribution in [0.3, 0.4) is 0 Å². The van der Waals surface area contributed by atoms with Crippen LogP contribution in [0.25, 0.3) is 0 Å². The molecule has 1 fully saturated rings. The third kappa shape index (κ3) is 4.84. The van der Waals surface area contributed by atoms with E-state index >= 15 is 0 Å². The lowest BCUT2D eigenvalue weighted by molar-refractivity contribution is -0.384. The predicted octanol–water partition coefficient (Wildman–Crippen LogP) is 2.18. The smallest absolute Gasteiger partial charge is 0.293 e. The number of nitro benzene ring substituents is 1. The van der Waals surface area contributed by atoms with Gasteiger partial charge in [0.05, 0.1) is 11.5 Å². The lowest BCUT2D eigenvalue weighted by Crippen LogP contribution is -2.48. The molecule has 0 saturated carbocycles. The van der Waals surface area contributed by atoms with Gasteiger partial charge >= 0.3 is 0 Å². The maximum Gasteiger partial charge on any atom is 0.293 e. The lowest BCUT2D eigenvalue weighted by Gasteiger charge is -2.35. The van der Waals surface area contributed by atoms with E-state index in [2.05, 4.69) is 0 Å². The monoisotopic (exact) mass is 454 g/mol. The van der Waals surface area contributed by atoms with Gasteiger partial charge in [0.2, 0.25) is 5.91 Å². The summed E-state index contributed by atoms with van der Waals surface area (Å²) >= 11 is 0. The predicted molar refractivity (Wildman–Crippen MR) is 121 cm³/mol. The second kappa shape index (κ2) is 9.35. The highest BCUT2D eigenvalue weighted by atomic mass is 16.6. The first-order chi connectivity index (χ1) is 15.8. The van der Waals surface area contributed by atoms with Crippen LogP contribution in [-0.2, 0) is 4.79 Å². The summed E-state index contributed by atoms with van der Waals surface area (Å²) < 4.78 is 11.6. The summed E-state index contributed by atoms with van der Waals surface area (Å²) in [6.07, 6.45) is -0.347. The van der Waals surface area contributed by atoms with Crippen LogP contribution in [0.5, 0.6) is 11.5 Å². The second-order valence-electron chi connectivity index (χ2n) is 8.14. The minimum Gasteiger partial charge on any atom is -0.486 e. The van der Waals surface area contributed by atoms with E-state index in [1.165, 1.54) is 17.9 Å². The number of likely N-dealkylation sites (N-methyl/N-ethyl adjacent to an activating group) is 1. The molecule has 33 heavy (non-hydrogen) atoms. The Labute approximate surface area is 191 Å². The Morgan fingerprint density at radius 1 is 1.12 bits per heavy atom. The topological polar surface area (TPSA) is 105 Å². The number of anilines is 1. The van der Waals surface area contributed by atoms with E-state index in [1.807, 2.05) is 29.2 Å². The Hall–Kier alpha value is -3.82. The van der Waals surface area contributed by atoms with Crippen LogP contribution < -0.4 is 14.4 Å². The van der Waals surface area contributed by atoms with Crippen molar-refractivity contribution in [3.63, 3.8) is 0 Å². The van der Waals surface area contributed by atoms with Crippen molar-refractivity contribution in [2.24, 2.45) is 0 Å². The van der Waals surface area contributed by atoms with Gasteiger partial charge in [-0.15, -0.1) is 0 Å². The van der Waals surface area contributed by atoms with Gasteiger partial charge in [-0.3, -0.25) is 19.7 Å². The maximum absolute atomic E-state index is 13.0. The van der Waals surface area contributed by atoms with Gasteiger partial charge in [-0.05, 0) is 24.3 Å². The minimum atomic E-state index is -0.474. The van der Waals surface area contributed by atoms with Crippen LogP contribution in [0.1, 0.15) is 17.3 Å². The Balaban J connectivity index is 1.45. The molecule has 10 nitrogen and oxygen atoms in total. The zero-order valence-electron chi connectivity index (χ0n) is 18.6. The van der Waals surface area contributed by atoms with Crippen molar-refractivity contribution in [3.05, 3.63) is 58.1 Å². The van der Waals surface area contributed by atoms with Crippen molar-refractivity contribution >= 4 is 23.2 Å². The lowest BCUT2D eigenvalue weighted by atomic mass is 10.1. The molecule has 2 heterocycles. The zero-order valence-corrected chi connectivity index (χ0v) is 18.6. The number of para-hydroxylation sites is 2. The van der Waals surface area contributed by atoms with Crippen molar-refractivity contribution in [1.29, 1.82) is 0 Å². The van der Waals surface area contributed by atoms with Crippen LogP contribution in [0.2, 0.25) is 0 Å². The Bertz CT molecular complexity index is 1070. The largest absolute Gasteiger partial charge is 0.486 e. The molecule has 2 aromatic rings. The molecule has 1 unspecified atom stereocenters. The number of fused-ring (bicyclic) bond motifs is 1. The highest BCUT2D eigenvalue weighted by molar-refractivity contribution is 5.95. The van der Waals surface area contributed by atoms with Crippen molar-refractivity contribution < 1.29 is 24.0 Å². The standard InChI is InChI=1S/C23H26N4O6/c1-16(28)25-9-11-26(12-10-25)19-8-7-17(13-20(19)27(30)31)23(29)24(2)14-18-15-32-21-5-3-4-6-22(21)33-18/h3-8,13,18H,9-12,14-15H2,1-2H3. The molecule has 0 spiro atoms. The first-order valence-corrected chi connectivity index (χ1v) is 10.8. The van der Waals surface area contributed by atoms with Gasteiger partial charge in [0, 0.05) is 51.8 Å². The molecule has 0 aliphatic carbocycles. The third-order valence-electron chi connectivity index (χ3n) is 5.88. The van der Waals surface area contributed by atoms with Crippen molar-refractivity contribution in [2.75, 3.05) is 51.3 Å². The molecule has 2 aliphatic rings. The summed E-state index contributed by atoms with van der Waals surface area (Å²) in [5, 5.41) is 11.8. The van der Waals surface area contributed by atoms with Crippen LogP contribution in [0.4, 0.5) is 11.4 Å². The molecule has 0 bridgehead atoms. The first kappa shape index (κ1) is 22.4. The number of nitro groups is 1. The molecule has 1 saturated heterocycles. The number of carbonyl (C=O) groups is 2. The minimum absolute atomic E-state index is 0.0102. The van der Waals surface area contributed by atoms with E-state index in [4.69, 9.17) is 9.47 Å². The van der Waals surface area contributed by atoms with E-state index in [9.17, 15) is 19.7 Å². The van der Waals surface area contributed by atoms with Gasteiger partial charge < -0.3 is 24.2 Å². The third-order valence-corrected chi connectivity index (χ3v) is 5.88. The molecule has 2 amide bonds. The quantitative estimate of drug-likeness (QED) is 0.504. The number of piperazine rings is 1. The van der Waals surface area contributed by atoms with Crippen LogP contribution in [0.15, 0.2) is 42.5 Å². The maximum atomic E-state index is 13.0. The summed E-state index contributed by atoms with van der Waals surface area (Å²) in [7, 11) is 1.63. The molecule has 0 radical (unpaired) electrons. The number of amides is 2. The van der Waals surface area contributed by atoms with Gasteiger partial charge in [0.25, 0.3) is 11.6 Å². The normalized spacial score (nSPS) is 17.5. The molecule has 2 aliphatic heterocycles. The van der Waals surface area contributed by atoms with E-state index < -0.39 is 4.92 Å². The van der Waals surface area contributed by atoms with Crippen LogP contribution >= 0.6 is 0 Å². The van der Waals surface area contributed by atoms with E-state index in [-0.39, 0.29) is 35.7 Å². The summed E-state index contributed by atoms with van der Waals surface area (Å²) in [5.41, 5.74) is 0.548. The fourth-order valence-corrected chi connectivity index (χ4v) is 4.09. The van der Waals surface area contributed by atoms with E-state index in [0.717, 1.165) is 0 Å². The Morgan fingerprint density at radius 3 is 2.48 bits per heavy atom. The SMILES string of the molecule is CC(=O)N1CCN(c2ccc(C(=O)N(C)CC3COc4ccccc4O3)cc2[N+](=O)[O-])CC1. The Morgan fingerprint density at radius 2 is 1.82 bits per heavy atom. The van der Waals surface area contributed by atoms with Crippen LogP contribution in [0, 0.1) is 10.1 Å². The molecule has 4 rings (SSSR count). The van der Waals surface area contributed by atoms with Gasteiger partial charge in [0.15, 0.2) is 17.6 Å². The number of benzene rings is 2. The highest BCUT2D eigenvalue weighted by Gasteiger charge is 2.28. The molecular formula is C23H26N4O6. The Kier molecular flexibility index (Phi) is 6.34. The van der Waals surface area contributed by atoms with Crippen molar-refractivity contribution in [2.45, 2.75) is 13.0 Å². The van der Waals surface area contributed by atoms with Gasteiger partial charge in [-0.25, -0.2) is 0 Å². The van der Waals surface area contributed by atoms with Gasteiger partial charge in [0.1, 0.15) is 12.3 Å². The highest BCUT2D eigenvalue weighted by Crippen LogP contribution is 2.32.